The topological polar surface area (TPSA) is 21.3 Å². The second-order valence-corrected chi connectivity index (χ2v) is 6.48. The Labute approximate surface area is 131 Å². The molecule has 0 spiro atoms. The molecule has 1 aromatic rings. The molecule has 2 nitrogen and oxygen atoms in total. The lowest BCUT2D eigenvalue weighted by Crippen LogP contribution is -2.22. The minimum atomic E-state index is 0.457. The molecule has 20 heavy (non-hydrogen) atoms. The summed E-state index contributed by atoms with van der Waals surface area (Å²) in [4.78, 5) is 0. The van der Waals surface area contributed by atoms with Crippen LogP contribution in [0.25, 0.3) is 0 Å². The quantitative estimate of drug-likeness (QED) is 0.773. The van der Waals surface area contributed by atoms with Crippen LogP contribution < -0.4 is 5.32 Å². The van der Waals surface area contributed by atoms with Gasteiger partial charge in [-0.25, -0.2) is 0 Å². The Morgan fingerprint density at radius 2 is 2.30 bits per heavy atom. The van der Waals surface area contributed by atoms with Crippen LogP contribution in [0.4, 0.5) is 0 Å². The number of rotatable bonds is 7. The largest absolute Gasteiger partial charge is 0.378 e. The number of hydrogen-bond donors (Lipinski definition) is 1. The van der Waals surface area contributed by atoms with Gasteiger partial charge in [0, 0.05) is 17.1 Å². The molecule has 1 fully saturated rings. The minimum Gasteiger partial charge on any atom is -0.378 e. The highest BCUT2D eigenvalue weighted by molar-refractivity contribution is 9.10. The van der Waals surface area contributed by atoms with Crippen LogP contribution in [0, 0.1) is 6.92 Å². The molecule has 1 saturated heterocycles. The molecule has 2 unspecified atom stereocenters. The lowest BCUT2D eigenvalue weighted by atomic mass is 9.96. The van der Waals surface area contributed by atoms with Crippen molar-refractivity contribution >= 4 is 15.9 Å². The molecule has 1 aromatic carbocycles. The summed E-state index contributed by atoms with van der Waals surface area (Å²) in [5, 5.41) is 3.63. The van der Waals surface area contributed by atoms with Gasteiger partial charge in [0.15, 0.2) is 0 Å². The maximum Gasteiger partial charge on any atom is 0.0576 e. The summed E-state index contributed by atoms with van der Waals surface area (Å²) in [5.74, 6) is 0. The van der Waals surface area contributed by atoms with Gasteiger partial charge in [-0.3, -0.25) is 0 Å². The van der Waals surface area contributed by atoms with E-state index in [1.807, 2.05) is 0 Å². The molecule has 112 valence electrons. The normalized spacial score (nSPS) is 20.2. The molecule has 0 aliphatic carbocycles. The molecule has 1 N–H and O–H groups in total. The maximum atomic E-state index is 5.72. The number of halogens is 1. The van der Waals surface area contributed by atoms with Crippen molar-refractivity contribution in [2.45, 2.75) is 58.1 Å². The van der Waals surface area contributed by atoms with Crippen LogP contribution in [0.3, 0.4) is 0 Å². The zero-order chi connectivity index (χ0) is 14.4. The first-order chi connectivity index (χ1) is 9.72. The van der Waals surface area contributed by atoms with E-state index in [-0.39, 0.29) is 0 Å². The van der Waals surface area contributed by atoms with Crippen molar-refractivity contribution in [3.63, 3.8) is 0 Å². The van der Waals surface area contributed by atoms with Gasteiger partial charge in [0.05, 0.1) is 6.10 Å². The second kappa shape index (κ2) is 8.16. The van der Waals surface area contributed by atoms with E-state index in [9.17, 15) is 0 Å². The van der Waals surface area contributed by atoms with Crippen LogP contribution in [0.2, 0.25) is 0 Å². The molecular weight excluding hydrogens is 314 g/mol. The predicted molar refractivity (Wildman–Crippen MR) is 88.1 cm³/mol. The van der Waals surface area contributed by atoms with Gasteiger partial charge >= 0.3 is 0 Å². The Morgan fingerprint density at radius 3 is 3.00 bits per heavy atom. The molecule has 0 saturated carbocycles. The van der Waals surface area contributed by atoms with Gasteiger partial charge < -0.3 is 10.1 Å². The Balaban J connectivity index is 1.93. The lowest BCUT2D eigenvalue weighted by molar-refractivity contribution is 0.101. The van der Waals surface area contributed by atoms with Crippen molar-refractivity contribution in [2.75, 3.05) is 13.2 Å². The number of nitrogens with one attached hydrogen (secondary N) is 1. The highest BCUT2D eigenvalue weighted by Gasteiger charge is 2.18. The monoisotopic (exact) mass is 339 g/mol. The van der Waals surface area contributed by atoms with Crippen molar-refractivity contribution in [1.82, 2.24) is 5.32 Å². The van der Waals surface area contributed by atoms with Gasteiger partial charge in [0.2, 0.25) is 0 Å². The van der Waals surface area contributed by atoms with Crippen LogP contribution in [0.15, 0.2) is 22.7 Å². The van der Waals surface area contributed by atoms with Crippen LogP contribution >= 0.6 is 15.9 Å². The zero-order valence-corrected chi connectivity index (χ0v) is 14.2. The van der Waals surface area contributed by atoms with E-state index in [1.165, 1.54) is 47.7 Å². The first kappa shape index (κ1) is 16.0. The summed E-state index contributed by atoms with van der Waals surface area (Å²) in [5.41, 5.74) is 2.78. The lowest BCUT2D eigenvalue weighted by Gasteiger charge is -2.21. The van der Waals surface area contributed by atoms with Gasteiger partial charge in [0.25, 0.3) is 0 Å². The SMILES string of the molecule is CCNC(CCCC1CCCO1)c1cccc(Br)c1C. The maximum absolute atomic E-state index is 5.72. The van der Waals surface area contributed by atoms with Crippen LogP contribution in [0.1, 0.15) is 56.2 Å². The fourth-order valence-electron chi connectivity index (χ4n) is 3.04. The van der Waals surface area contributed by atoms with Gasteiger partial charge in [-0.15, -0.1) is 0 Å². The minimum absolute atomic E-state index is 0.457. The number of hydrogen-bond acceptors (Lipinski definition) is 2. The molecule has 0 radical (unpaired) electrons. The molecule has 0 amide bonds. The first-order valence-corrected chi connectivity index (χ1v) is 8.61. The average molecular weight is 340 g/mol. The van der Waals surface area contributed by atoms with E-state index in [4.69, 9.17) is 4.74 Å². The summed E-state index contributed by atoms with van der Waals surface area (Å²) in [7, 11) is 0. The van der Waals surface area contributed by atoms with Crippen molar-refractivity contribution in [3.8, 4) is 0 Å². The van der Waals surface area contributed by atoms with Crippen LogP contribution in [-0.4, -0.2) is 19.3 Å². The molecule has 1 heterocycles. The standard InChI is InChI=1S/C17H26BrNO/c1-3-19-17(11-4-7-14-8-6-12-20-14)15-9-5-10-16(18)13(15)2/h5,9-10,14,17,19H,3-4,6-8,11-12H2,1-2H3. The average Bonchev–Trinajstić information content (AvgIpc) is 2.94. The number of benzene rings is 1. The molecule has 2 atom stereocenters. The molecule has 3 heteroatoms. The van der Waals surface area contributed by atoms with Gasteiger partial charge in [0.1, 0.15) is 0 Å². The fraction of sp³-hybridized carbons (Fsp3) is 0.647. The smallest absolute Gasteiger partial charge is 0.0576 e. The third-order valence-corrected chi connectivity index (χ3v) is 5.04. The van der Waals surface area contributed by atoms with Crippen molar-refractivity contribution < 1.29 is 4.74 Å². The molecule has 0 bridgehead atoms. The summed E-state index contributed by atoms with van der Waals surface area (Å²) >= 11 is 3.64. The summed E-state index contributed by atoms with van der Waals surface area (Å²) in [6, 6.07) is 6.96. The Kier molecular flexibility index (Phi) is 6.53. The van der Waals surface area contributed by atoms with E-state index >= 15 is 0 Å². The van der Waals surface area contributed by atoms with E-state index < -0.39 is 0 Å². The van der Waals surface area contributed by atoms with Gasteiger partial charge in [-0.05, 0) is 62.8 Å². The number of ether oxygens (including phenoxy) is 1. The Morgan fingerprint density at radius 1 is 1.45 bits per heavy atom. The van der Waals surface area contributed by atoms with Crippen LogP contribution in [0.5, 0.6) is 0 Å². The predicted octanol–water partition coefficient (Wildman–Crippen LogP) is 4.76. The van der Waals surface area contributed by atoms with Crippen molar-refractivity contribution in [1.29, 1.82) is 0 Å². The summed E-state index contributed by atoms with van der Waals surface area (Å²) < 4.78 is 6.92. The molecule has 0 aromatic heterocycles. The van der Waals surface area contributed by atoms with Gasteiger partial charge in [-0.1, -0.05) is 35.0 Å². The highest BCUT2D eigenvalue weighted by atomic mass is 79.9. The summed E-state index contributed by atoms with van der Waals surface area (Å²) in [6.45, 7) is 6.35. The summed E-state index contributed by atoms with van der Waals surface area (Å²) in [6.07, 6.45) is 6.63. The van der Waals surface area contributed by atoms with E-state index in [2.05, 4.69) is 53.3 Å². The molecule has 1 aliphatic rings. The fourth-order valence-corrected chi connectivity index (χ4v) is 3.42. The molecule has 2 rings (SSSR count). The Bertz CT molecular complexity index is 415. The van der Waals surface area contributed by atoms with E-state index in [1.54, 1.807) is 0 Å². The zero-order valence-electron chi connectivity index (χ0n) is 12.6. The van der Waals surface area contributed by atoms with E-state index in [0.717, 1.165) is 13.2 Å². The highest BCUT2D eigenvalue weighted by Crippen LogP contribution is 2.28. The first-order valence-electron chi connectivity index (χ1n) is 7.82. The third-order valence-electron chi connectivity index (χ3n) is 4.18. The van der Waals surface area contributed by atoms with Crippen molar-refractivity contribution in [2.24, 2.45) is 0 Å². The van der Waals surface area contributed by atoms with Crippen LogP contribution in [-0.2, 0) is 4.74 Å². The van der Waals surface area contributed by atoms with E-state index in [0.29, 0.717) is 12.1 Å². The van der Waals surface area contributed by atoms with Gasteiger partial charge in [-0.2, -0.15) is 0 Å². The third kappa shape index (κ3) is 4.31. The Hall–Kier alpha value is -0.380. The molecular formula is C17H26BrNO. The van der Waals surface area contributed by atoms with Crippen molar-refractivity contribution in [3.05, 3.63) is 33.8 Å². The molecule has 1 aliphatic heterocycles. The second-order valence-electron chi connectivity index (χ2n) is 5.63.